The second-order valence-electron chi connectivity index (χ2n) is 4.30. The van der Waals surface area contributed by atoms with E-state index in [1.54, 1.807) is 0 Å². The Morgan fingerprint density at radius 3 is 2.25 bits per heavy atom. The van der Waals surface area contributed by atoms with Gasteiger partial charge in [-0.25, -0.2) is 0 Å². The Morgan fingerprint density at radius 1 is 1.20 bits per heavy atom. The minimum absolute atomic E-state index is 0. The molecule has 2 rings (SSSR count). The van der Waals surface area contributed by atoms with Gasteiger partial charge in [-0.15, -0.1) is 24.8 Å². The van der Waals surface area contributed by atoms with Crippen LogP contribution in [0.4, 0.5) is 0 Å². The van der Waals surface area contributed by atoms with Gasteiger partial charge in [0.05, 0.1) is 18.5 Å². The predicted molar refractivity (Wildman–Crippen MR) is 88.4 cm³/mol. The number of nitrogens with zero attached hydrogens (tertiary/aromatic N) is 2. The zero-order valence-electron chi connectivity index (χ0n) is 10.8. The number of benzene rings is 1. The molecule has 20 heavy (non-hydrogen) atoms. The van der Waals surface area contributed by atoms with E-state index in [9.17, 15) is 0 Å². The van der Waals surface area contributed by atoms with Crippen LogP contribution in [0.3, 0.4) is 0 Å². The molecule has 1 aromatic carbocycles. The van der Waals surface area contributed by atoms with Crippen LogP contribution in [0, 0.1) is 11.3 Å². The van der Waals surface area contributed by atoms with Crippen LogP contribution in [0.15, 0.2) is 18.2 Å². The van der Waals surface area contributed by atoms with Crippen LogP contribution in [0.2, 0.25) is 10.0 Å². The smallest absolute Gasteiger partial charge is 0.0641 e. The Morgan fingerprint density at radius 2 is 1.75 bits per heavy atom. The van der Waals surface area contributed by atoms with Crippen molar-refractivity contribution < 1.29 is 0 Å². The highest BCUT2D eigenvalue weighted by atomic mass is 35.5. The monoisotopic (exact) mass is 355 g/mol. The van der Waals surface area contributed by atoms with E-state index in [1.807, 2.05) is 18.2 Å². The van der Waals surface area contributed by atoms with Gasteiger partial charge in [0, 0.05) is 41.8 Å². The fourth-order valence-electron chi connectivity index (χ4n) is 2.32. The number of nitrogens with one attached hydrogen (secondary N) is 1. The minimum Gasteiger partial charge on any atom is -0.314 e. The molecule has 0 unspecified atom stereocenters. The highest BCUT2D eigenvalue weighted by Crippen LogP contribution is 2.35. The number of piperazine rings is 1. The first-order valence-electron chi connectivity index (χ1n) is 5.99. The Balaban J connectivity index is 0.00000180. The minimum atomic E-state index is -0.0155. The molecule has 1 aliphatic rings. The molecule has 0 amide bonds. The molecule has 1 fully saturated rings. The lowest BCUT2D eigenvalue weighted by molar-refractivity contribution is 0.176. The van der Waals surface area contributed by atoms with E-state index in [0.717, 1.165) is 31.7 Å². The summed E-state index contributed by atoms with van der Waals surface area (Å²) in [7, 11) is 0. The van der Waals surface area contributed by atoms with E-state index < -0.39 is 0 Å². The van der Waals surface area contributed by atoms with Crippen molar-refractivity contribution in [1.29, 1.82) is 5.26 Å². The van der Waals surface area contributed by atoms with Crippen molar-refractivity contribution in [1.82, 2.24) is 10.2 Å². The van der Waals surface area contributed by atoms with Crippen LogP contribution in [-0.4, -0.2) is 31.1 Å². The molecule has 0 bridgehead atoms. The molecule has 1 aliphatic heterocycles. The van der Waals surface area contributed by atoms with Crippen LogP contribution < -0.4 is 5.32 Å². The molecule has 0 aromatic heterocycles. The Kier molecular flexibility index (Phi) is 9.58. The maximum atomic E-state index is 9.03. The SMILES string of the molecule is Cl.Cl.N#CC[C@H](c1c(Cl)cccc1Cl)N1CCNCC1. The predicted octanol–water partition coefficient (Wildman–Crippen LogP) is 3.70. The standard InChI is InChI=1S/C13H15Cl2N3.2ClH/c14-10-2-1-3-11(15)13(10)12(4-5-16)18-8-6-17-7-9-18;;/h1-3,12,17H,4,6-9H2;2*1H/t12-;;/m1../s1. The van der Waals surface area contributed by atoms with Gasteiger partial charge in [0.2, 0.25) is 0 Å². The van der Waals surface area contributed by atoms with E-state index in [4.69, 9.17) is 28.5 Å². The summed E-state index contributed by atoms with van der Waals surface area (Å²) in [5.74, 6) is 0. The fraction of sp³-hybridized carbons (Fsp3) is 0.462. The van der Waals surface area contributed by atoms with E-state index >= 15 is 0 Å². The van der Waals surface area contributed by atoms with E-state index in [2.05, 4.69) is 16.3 Å². The Bertz CT molecular complexity index is 435. The zero-order valence-corrected chi connectivity index (χ0v) is 14.0. The van der Waals surface area contributed by atoms with Crippen LogP contribution in [0.25, 0.3) is 0 Å². The summed E-state index contributed by atoms with van der Waals surface area (Å²) < 4.78 is 0. The molecule has 1 N–H and O–H groups in total. The summed E-state index contributed by atoms with van der Waals surface area (Å²) in [5, 5.41) is 13.6. The van der Waals surface area contributed by atoms with Crippen molar-refractivity contribution in [2.24, 2.45) is 0 Å². The maximum absolute atomic E-state index is 9.03. The average molecular weight is 357 g/mol. The topological polar surface area (TPSA) is 39.1 Å². The molecule has 1 saturated heterocycles. The molecule has 1 aromatic rings. The molecule has 0 aliphatic carbocycles. The highest BCUT2D eigenvalue weighted by molar-refractivity contribution is 6.36. The van der Waals surface area contributed by atoms with Crippen molar-refractivity contribution in [3.63, 3.8) is 0 Å². The van der Waals surface area contributed by atoms with Gasteiger partial charge in [0.1, 0.15) is 0 Å². The second kappa shape index (κ2) is 9.68. The lowest BCUT2D eigenvalue weighted by Gasteiger charge is -2.34. The van der Waals surface area contributed by atoms with Gasteiger partial charge in [-0.2, -0.15) is 5.26 Å². The quantitative estimate of drug-likeness (QED) is 0.897. The largest absolute Gasteiger partial charge is 0.314 e. The average Bonchev–Trinajstić information content (AvgIpc) is 2.38. The van der Waals surface area contributed by atoms with Crippen molar-refractivity contribution in [3.05, 3.63) is 33.8 Å². The van der Waals surface area contributed by atoms with E-state index in [-0.39, 0.29) is 30.9 Å². The molecule has 1 atom stereocenters. The Hall–Kier alpha value is -0.210. The molecular formula is C13H17Cl4N3. The number of hydrogen-bond donors (Lipinski definition) is 1. The van der Waals surface area contributed by atoms with Crippen LogP contribution >= 0.6 is 48.0 Å². The summed E-state index contributed by atoms with van der Waals surface area (Å²) in [6, 6.07) is 7.71. The molecule has 0 spiro atoms. The van der Waals surface area contributed by atoms with Crippen LogP contribution in [-0.2, 0) is 0 Å². The van der Waals surface area contributed by atoms with Crippen molar-refractivity contribution in [2.45, 2.75) is 12.5 Å². The first-order chi connectivity index (χ1) is 8.74. The number of halogens is 4. The molecule has 3 nitrogen and oxygen atoms in total. The van der Waals surface area contributed by atoms with Crippen molar-refractivity contribution >= 4 is 48.0 Å². The van der Waals surface area contributed by atoms with E-state index in [0.29, 0.717) is 16.5 Å². The van der Waals surface area contributed by atoms with Crippen molar-refractivity contribution in [3.8, 4) is 6.07 Å². The van der Waals surface area contributed by atoms with Crippen LogP contribution in [0.5, 0.6) is 0 Å². The normalized spacial score (nSPS) is 16.4. The first-order valence-corrected chi connectivity index (χ1v) is 6.75. The summed E-state index contributed by atoms with van der Waals surface area (Å²) >= 11 is 12.5. The fourth-order valence-corrected chi connectivity index (χ4v) is 2.97. The lowest BCUT2D eigenvalue weighted by atomic mass is 10.0. The van der Waals surface area contributed by atoms with Gasteiger partial charge in [-0.1, -0.05) is 29.3 Å². The molecule has 7 heteroatoms. The van der Waals surface area contributed by atoms with Gasteiger partial charge >= 0.3 is 0 Å². The van der Waals surface area contributed by atoms with Crippen LogP contribution in [0.1, 0.15) is 18.0 Å². The molecule has 0 saturated carbocycles. The summed E-state index contributed by atoms with van der Waals surface area (Å²) in [5.41, 5.74) is 0.879. The van der Waals surface area contributed by atoms with Gasteiger partial charge in [-0.3, -0.25) is 4.90 Å². The summed E-state index contributed by atoms with van der Waals surface area (Å²) in [4.78, 5) is 2.27. The second-order valence-corrected chi connectivity index (χ2v) is 5.11. The third kappa shape index (κ3) is 4.66. The van der Waals surface area contributed by atoms with Crippen molar-refractivity contribution in [2.75, 3.05) is 26.2 Å². The third-order valence-corrected chi connectivity index (χ3v) is 3.87. The lowest BCUT2D eigenvalue weighted by Crippen LogP contribution is -2.45. The molecule has 1 heterocycles. The molecular weight excluding hydrogens is 340 g/mol. The maximum Gasteiger partial charge on any atom is 0.0641 e. The van der Waals surface area contributed by atoms with E-state index in [1.165, 1.54) is 0 Å². The van der Waals surface area contributed by atoms with Gasteiger partial charge in [-0.05, 0) is 12.1 Å². The van der Waals surface area contributed by atoms with Gasteiger partial charge in [0.15, 0.2) is 0 Å². The number of nitriles is 1. The highest BCUT2D eigenvalue weighted by Gasteiger charge is 2.25. The third-order valence-electron chi connectivity index (χ3n) is 3.21. The zero-order chi connectivity index (χ0) is 13.0. The molecule has 112 valence electrons. The Labute approximate surface area is 142 Å². The van der Waals surface area contributed by atoms with Gasteiger partial charge in [0.25, 0.3) is 0 Å². The summed E-state index contributed by atoms with van der Waals surface area (Å²) in [6.45, 7) is 3.69. The number of rotatable bonds is 3. The molecule has 0 radical (unpaired) electrons. The number of hydrogen-bond acceptors (Lipinski definition) is 3. The summed E-state index contributed by atoms with van der Waals surface area (Å²) in [6.07, 6.45) is 0.406. The van der Waals surface area contributed by atoms with Gasteiger partial charge < -0.3 is 5.32 Å². The first kappa shape index (κ1) is 19.8.